The van der Waals surface area contributed by atoms with Crippen LogP contribution in [0.1, 0.15) is 97.1 Å². The maximum absolute atomic E-state index is 15.0. The van der Waals surface area contributed by atoms with Crippen molar-refractivity contribution in [2.24, 2.45) is 17.3 Å². The molecule has 2 N–H and O–H groups in total. The van der Waals surface area contributed by atoms with Crippen molar-refractivity contribution in [2.45, 2.75) is 129 Å². The Morgan fingerprint density at radius 1 is 1.08 bits per heavy atom. The van der Waals surface area contributed by atoms with Crippen molar-refractivity contribution in [3.05, 3.63) is 77.7 Å². The number of allylic oxidation sites excluding steroid dienone is 1. The first-order valence-corrected chi connectivity index (χ1v) is 25.0. The summed E-state index contributed by atoms with van der Waals surface area (Å²) in [4.78, 5) is 66.6. The number of pyridine rings is 1. The second-order valence-electron chi connectivity index (χ2n) is 19.1. The van der Waals surface area contributed by atoms with Crippen LogP contribution in [-0.4, -0.2) is 86.7 Å². The minimum absolute atomic E-state index is 0.0278. The number of hydrogen-bond acceptors (Lipinski definition) is 11. The largest absolute Gasteiger partial charge is 0.497 e. The molecule has 1 amide bonds. The number of likely N-dealkylation sites (tertiary alicyclic amines) is 1. The lowest BCUT2D eigenvalue weighted by molar-refractivity contribution is -0.156. The van der Waals surface area contributed by atoms with Gasteiger partial charge in [-0.05, 0) is 93.9 Å². The molecule has 1 saturated heterocycles. The standard InChI is InChI=1S/C49H63N4O8PS/c1-9-33-26-49(33,62(57,58)21-20-32-15-11-10-14-31(32)4)27-43(54)42-23-36(28-53(42)46(56)38(48(5,6)7)24-45(55)61-34-16-12-13-17-34)60-44-25-40(41-29-63-47(52-41)50-30(2)3)51-39-22-35(59-8)18-19-37(39)44/h9-11,14-15,18-19,22,25,29-30,33-34,36,38,42H,1,12-13,16-17,20-21,23-24,26-28H2,2-8H3,(H,50,52)(H,57,58)/t33-,36-,38-,42+,49-/m1/s1. The number of carbonyl (C=O) groups excluding carboxylic acids is 3. The molecule has 0 radical (unpaired) electrons. The molecular weight excluding hydrogens is 836 g/mol. The highest BCUT2D eigenvalue weighted by molar-refractivity contribution is 7.60. The zero-order valence-corrected chi connectivity index (χ0v) is 39.4. The van der Waals surface area contributed by atoms with Crippen LogP contribution in [0.25, 0.3) is 22.3 Å². The lowest BCUT2D eigenvalue weighted by Crippen LogP contribution is -2.48. The summed E-state index contributed by atoms with van der Waals surface area (Å²) < 4.78 is 32.7. The van der Waals surface area contributed by atoms with Crippen molar-refractivity contribution in [1.82, 2.24) is 14.9 Å². The second-order valence-corrected chi connectivity index (χ2v) is 22.7. The summed E-state index contributed by atoms with van der Waals surface area (Å²) in [7, 11) is -2.33. The molecule has 7 rings (SSSR count). The summed E-state index contributed by atoms with van der Waals surface area (Å²) in [5.74, 6) is -1.07. The summed E-state index contributed by atoms with van der Waals surface area (Å²) in [6.07, 6.45) is 5.14. The van der Waals surface area contributed by atoms with Crippen molar-refractivity contribution in [3.63, 3.8) is 0 Å². The Bertz CT molecular complexity index is 2390. The van der Waals surface area contributed by atoms with Crippen molar-refractivity contribution in [2.75, 3.05) is 25.1 Å². The second kappa shape index (κ2) is 18.9. The van der Waals surface area contributed by atoms with E-state index in [1.165, 1.54) is 11.3 Å². The lowest BCUT2D eigenvalue weighted by Gasteiger charge is -2.35. The van der Waals surface area contributed by atoms with E-state index in [0.717, 1.165) is 41.9 Å². The van der Waals surface area contributed by atoms with Gasteiger partial charge in [0.15, 0.2) is 10.9 Å². The van der Waals surface area contributed by atoms with E-state index in [-0.39, 0.29) is 61.7 Å². The van der Waals surface area contributed by atoms with Gasteiger partial charge in [0.2, 0.25) is 13.3 Å². The number of carbonyl (C=O) groups is 3. The number of ether oxygens (including phenoxy) is 3. The number of amides is 1. The minimum Gasteiger partial charge on any atom is -0.497 e. The quantitative estimate of drug-likeness (QED) is 0.0557. The van der Waals surface area contributed by atoms with E-state index in [4.69, 9.17) is 24.2 Å². The average molecular weight is 899 g/mol. The smallest absolute Gasteiger partial charge is 0.306 e. The molecule has 6 atom stereocenters. The fourth-order valence-electron chi connectivity index (χ4n) is 9.38. The molecule has 2 aliphatic carbocycles. The number of anilines is 1. The number of ketones is 1. The van der Waals surface area contributed by atoms with E-state index in [0.29, 0.717) is 46.6 Å². The van der Waals surface area contributed by atoms with Crippen LogP contribution in [0, 0.1) is 24.2 Å². The van der Waals surface area contributed by atoms with Gasteiger partial charge < -0.3 is 29.3 Å². The van der Waals surface area contributed by atoms with Gasteiger partial charge in [-0.1, -0.05) is 51.1 Å². The summed E-state index contributed by atoms with van der Waals surface area (Å²) >= 11 is 1.48. The topological polar surface area (TPSA) is 157 Å². The van der Waals surface area contributed by atoms with Crippen LogP contribution >= 0.6 is 18.7 Å². The van der Waals surface area contributed by atoms with Crippen LogP contribution in [0.2, 0.25) is 0 Å². The van der Waals surface area contributed by atoms with Crippen molar-refractivity contribution in [1.29, 1.82) is 0 Å². The summed E-state index contributed by atoms with van der Waals surface area (Å²) in [6.45, 7) is 15.9. The van der Waals surface area contributed by atoms with Crippen LogP contribution in [0.3, 0.4) is 0 Å². The number of nitrogens with one attached hydrogen (secondary N) is 1. The number of thiazole rings is 1. The molecule has 12 nitrogen and oxygen atoms in total. The van der Waals surface area contributed by atoms with Gasteiger partial charge in [-0.2, -0.15) is 0 Å². The number of esters is 1. The molecule has 3 fully saturated rings. The van der Waals surface area contributed by atoms with Gasteiger partial charge in [-0.15, -0.1) is 17.9 Å². The molecule has 338 valence electrons. The van der Waals surface area contributed by atoms with Crippen molar-refractivity contribution < 1.29 is 38.1 Å². The van der Waals surface area contributed by atoms with Gasteiger partial charge in [0.1, 0.15) is 29.4 Å². The van der Waals surface area contributed by atoms with E-state index >= 15 is 4.79 Å². The normalized spacial score (nSPS) is 22.7. The first-order chi connectivity index (χ1) is 29.9. The predicted octanol–water partition coefficient (Wildman–Crippen LogP) is 9.80. The third-order valence-corrected chi connectivity index (χ3v) is 16.9. The van der Waals surface area contributed by atoms with E-state index in [1.807, 2.05) is 95.5 Å². The Morgan fingerprint density at radius 2 is 1.83 bits per heavy atom. The van der Waals surface area contributed by atoms with Crippen LogP contribution in [0.4, 0.5) is 5.13 Å². The number of hydrogen-bond donors (Lipinski definition) is 2. The Labute approximate surface area is 375 Å². The molecule has 4 aromatic rings. The zero-order chi connectivity index (χ0) is 45.3. The number of aryl methyl sites for hydroxylation is 2. The molecule has 0 bridgehead atoms. The zero-order valence-electron chi connectivity index (χ0n) is 37.7. The van der Waals surface area contributed by atoms with Gasteiger partial charge in [-0.3, -0.25) is 18.9 Å². The van der Waals surface area contributed by atoms with Crippen molar-refractivity contribution >= 4 is 52.4 Å². The number of rotatable bonds is 18. The van der Waals surface area contributed by atoms with E-state index in [1.54, 1.807) is 18.1 Å². The first-order valence-electron chi connectivity index (χ1n) is 22.3. The van der Waals surface area contributed by atoms with Gasteiger partial charge in [0.05, 0.1) is 48.4 Å². The number of aromatic nitrogens is 2. The molecule has 3 aliphatic rings. The van der Waals surface area contributed by atoms with Crippen LogP contribution in [-0.2, 0) is 30.1 Å². The summed E-state index contributed by atoms with van der Waals surface area (Å²) in [6, 6.07) is 14.4. The molecule has 2 saturated carbocycles. The third-order valence-electron chi connectivity index (χ3n) is 13.2. The molecule has 14 heteroatoms. The van der Waals surface area contributed by atoms with Gasteiger partial charge in [0, 0.05) is 47.9 Å². The summed E-state index contributed by atoms with van der Waals surface area (Å²) in [5.41, 5.74) is 3.24. The Balaban J connectivity index is 1.21. The Morgan fingerprint density at radius 3 is 2.49 bits per heavy atom. The van der Waals surface area contributed by atoms with Crippen LogP contribution in [0.15, 0.2) is 66.6 Å². The number of nitrogens with zero attached hydrogens (tertiary/aromatic N) is 3. The van der Waals surface area contributed by atoms with Gasteiger partial charge in [0.25, 0.3) is 0 Å². The highest BCUT2D eigenvalue weighted by atomic mass is 32.1. The molecular formula is C49H63N4O8PS. The maximum atomic E-state index is 15.0. The monoisotopic (exact) mass is 898 g/mol. The number of methoxy groups -OCH3 is 1. The van der Waals surface area contributed by atoms with Gasteiger partial charge >= 0.3 is 5.97 Å². The fraction of sp³-hybridized carbons (Fsp3) is 0.531. The number of fused-ring (bicyclic) bond motifs is 1. The molecule has 63 heavy (non-hydrogen) atoms. The third kappa shape index (κ3) is 10.4. The maximum Gasteiger partial charge on any atom is 0.306 e. The van der Waals surface area contributed by atoms with Crippen LogP contribution < -0.4 is 14.8 Å². The molecule has 1 aliphatic heterocycles. The van der Waals surface area contributed by atoms with E-state index in [9.17, 15) is 19.0 Å². The molecule has 2 aromatic carbocycles. The van der Waals surface area contributed by atoms with Gasteiger partial charge in [-0.25, -0.2) is 9.97 Å². The SMILES string of the molecule is C=C[C@@H]1C[C@]1(CC(=O)[C@@H]1C[C@@H](Oc2cc(-c3csc(NC(C)C)n3)nc3cc(OC)ccc23)CN1C(=O)[C@@H](CC(=O)OC1CCCC1)C(C)(C)C)P(=O)(O)CCc1ccccc1C. The minimum atomic E-state index is -3.92. The predicted molar refractivity (Wildman–Crippen MR) is 249 cm³/mol. The highest BCUT2D eigenvalue weighted by Crippen LogP contribution is 2.73. The highest BCUT2D eigenvalue weighted by Gasteiger charge is 2.65. The van der Waals surface area contributed by atoms with Crippen molar-refractivity contribution in [3.8, 4) is 22.9 Å². The number of benzene rings is 2. The molecule has 1 unspecified atom stereocenters. The lowest BCUT2D eigenvalue weighted by atomic mass is 9.77. The van der Waals surface area contributed by atoms with E-state index in [2.05, 4.69) is 11.9 Å². The van der Waals surface area contributed by atoms with E-state index < -0.39 is 42.0 Å². The molecule has 2 aromatic heterocycles. The fourth-order valence-corrected chi connectivity index (χ4v) is 12.7. The summed E-state index contributed by atoms with van der Waals surface area (Å²) in [5, 5.41) is 5.58. The first kappa shape index (κ1) is 46.4. The Hall–Kier alpha value is -4.58. The molecule has 3 heterocycles. The Kier molecular flexibility index (Phi) is 13.9. The number of Topliss-reactive ketones (excluding diaryl/α,β-unsaturated/α-hetero) is 1. The van der Waals surface area contributed by atoms with Crippen LogP contribution in [0.5, 0.6) is 11.5 Å². The molecule has 0 spiro atoms. The average Bonchev–Trinajstić information content (AvgIpc) is 3.63.